The zero-order valence-corrected chi connectivity index (χ0v) is 9.99. The van der Waals surface area contributed by atoms with Crippen LogP contribution in [0.25, 0.3) is 10.9 Å². The van der Waals surface area contributed by atoms with Gasteiger partial charge in [-0.05, 0) is 22.0 Å². The van der Waals surface area contributed by atoms with Gasteiger partial charge in [0.1, 0.15) is 5.15 Å². The van der Waals surface area contributed by atoms with Crippen LogP contribution in [-0.4, -0.2) is 10.5 Å². The molecular weight excluding hydrogens is 289 g/mol. The van der Waals surface area contributed by atoms with Gasteiger partial charge in [0, 0.05) is 5.39 Å². The van der Waals surface area contributed by atoms with Crippen molar-refractivity contribution in [1.29, 1.82) is 0 Å². The van der Waals surface area contributed by atoms with Crippen LogP contribution in [0.15, 0.2) is 28.7 Å². The van der Waals surface area contributed by atoms with Crippen LogP contribution >= 0.6 is 39.1 Å². The van der Waals surface area contributed by atoms with Gasteiger partial charge in [-0.1, -0.05) is 41.4 Å². The van der Waals surface area contributed by atoms with Gasteiger partial charge in [0.2, 0.25) is 0 Å². The van der Waals surface area contributed by atoms with Crippen molar-refractivity contribution < 1.29 is 5.48 Å². The lowest BCUT2D eigenvalue weighted by Crippen LogP contribution is -1.83. The smallest absolute Gasteiger partial charge is 0.145 e. The van der Waals surface area contributed by atoms with E-state index in [0.717, 1.165) is 10.9 Å². The fraction of sp³-hybridized carbons (Fsp3) is 0. The maximum Gasteiger partial charge on any atom is 0.145 e. The van der Waals surface area contributed by atoms with E-state index < -0.39 is 0 Å². The molecule has 2 rings (SSSR count). The molecule has 0 spiro atoms. The molecule has 1 aromatic carbocycles. The van der Waals surface area contributed by atoms with E-state index in [1.54, 1.807) is 0 Å². The molecule has 0 amide bonds. The Labute approximate surface area is 99.3 Å². The summed E-state index contributed by atoms with van der Waals surface area (Å²) in [5.74, 6) is 0. The fourth-order valence-corrected chi connectivity index (χ4v) is 1.91. The largest absolute Gasteiger partial charge is 0.412 e. The van der Waals surface area contributed by atoms with Crippen molar-refractivity contribution in [2.24, 2.45) is 0 Å². The number of fused-ring (bicyclic) bond motifs is 1. The van der Waals surface area contributed by atoms with Crippen molar-refractivity contribution >= 4 is 50.0 Å². The average Bonchev–Trinajstić information content (AvgIpc) is 2.15. The predicted molar refractivity (Wildman–Crippen MR) is 63.1 cm³/mol. The molecule has 2 aromatic rings. The van der Waals surface area contributed by atoms with Crippen molar-refractivity contribution in [3.63, 3.8) is 0 Å². The third-order valence-corrected chi connectivity index (χ3v) is 3.63. The molecule has 0 aliphatic heterocycles. The third kappa shape index (κ3) is 1.86. The Morgan fingerprint density at radius 1 is 1.14 bits per heavy atom. The summed E-state index contributed by atoms with van der Waals surface area (Å²) < 4.78 is 0.648. The molecule has 74 valence electrons. The maximum absolute atomic E-state index is 6.06. The molecule has 0 aliphatic rings. The van der Waals surface area contributed by atoms with Gasteiger partial charge in [-0.15, -0.1) is 0 Å². The number of hydrogen-bond acceptors (Lipinski definition) is 1. The number of pyridine rings is 1. The SMILES string of the molecule is Clc1nc2ccccc2c(Cl)c1Br.O. The molecule has 0 saturated heterocycles. The van der Waals surface area contributed by atoms with E-state index in [-0.39, 0.29) is 5.48 Å². The number of hydrogen-bond donors (Lipinski definition) is 0. The number of rotatable bonds is 0. The minimum Gasteiger partial charge on any atom is -0.412 e. The summed E-state index contributed by atoms with van der Waals surface area (Å²) in [5, 5.41) is 1.90. The van der Waals surface area contributed by atoms with E-state index in [1.807, 2.05) is 24.3 Å². The van der Waals surface area contributed by atoms with Crippen LogP contribution in [-0.2, 0) is 0 Å². The molecule has 0 unspecified atom stereocenters. The Kier molecular flexibility index (Phi) is 3.72. The molecule has 0 atom stereocenters. The summed E-state index contributed by atoms with van der Waals surface area (Å²) in [6, 6.07) is 7.59. The van der Waals surface area contributed by atoms with Gasteiger partial charge in [-0.3, -0.25) is 0 Å². The normalized spacial score (nSPS) is 9.93. The quantitative estimate of drug-likeness (QED) is 0.686. The Balaban J connectivity index is 0.000000980. The lowest BCUT2D eigenvalue weighted by molar-refractivity contribution is 0.824. The summed E-state index contributed by atoms with van der Waals surface area (Å²) in [6.45, 7) is 0. The van der Waals surface area contributed by atoms with Crippen LogP contribution in [0, 0.1) is 0 Å². The van der Waals surface area contributed by atoms with Gasteiger partial charge in [0.25, 0.3) is 0 Å². The minimum absolute atomic E-state index is 0. The number of para-hydroxylation sites is 1. The van der Waals surface area contributed by atoms with E-state index in [2.05, 4.69) is 20.9 Å². The van der Waals surface area contributed by atoms with Crippen LogP contribution in [0.3, 0.4) is 0 Å². The van der Waals surface area contributed by atoms with Gasteiger partial charge < -0.3 is 5.48 Å². The molecular formula is C9H6BrCl2NO. The Bertz CT molecular complexity index is 476. The van der Waals surface area contributed by atoms with Crippen molar-refractivity contribution in [2.75, 3.05) is 0 Å². The molecule has 0 aliphatic carbocycles. The van der Waals surface area contributed by atoms with Crippen LogP contribution < -0.4 is 0 Å². The Morgan fingerprint density at radius 3 is 2.50 bits per heavy atom. The number of nitrogens with zero attached hydrogens (tertiary/aromatic N) is 1. The molecule has 0 saturated carbocycles. The molecule has 1 heterocycles. The zero-order chi connectivity index (χ0) is 9.42. The third-order valence-electron chi connectivity index (χ3n) is 1.73. The topological polar surface area (TPSA) is 44.4 Å². The van der Waals surface area contributed by atoms with Crippen LogP contribution in [0.4, 0.5) is 0 Å². The standard InChI is InChI=1S/C9H4BrCl2N.H2O/c10-7-8(11)5-3-1-2-4-6(5)13-9(7)12;/h1-4H;1H2. The highest BCUT2D eigenvalue weighted by molar-refractivity contribution is 9.10. The summed E-state index contributed by atoms with van der Waals surface area (Å²) in [5.41, 5.74) is 0.806. The zero-order valence-electron chi connectivity index (χ0n) is 6.89. The molecule has 2 nitrogen and oxygen atoms in total. The first-order valence-electron chi connectivity index (χ1n) is 3.59. The second-order valence-electron chi connectivity index (χ2n) is 2.55. The minimum atomic E-state index is 0. The van der Waals surface area contributed by atoms with Crippen molar-refractivity contribution in [2.45, 2.75) is 0 Å². The van der Waals surface area contributed by atoms with E-state index in [0.29, 0.717) is 14.6 Å². The van der Waals surface area contributed by atoms with E-state index >= 15 is 0 Å². The van der Waals surface area contributed by atoms with Crippen LogP contribution in [0.1, 0.15) is 0 Å². The van der Waals surface area contributed by atoms with Gasteiger partial charge in [-0.25, -0.2) is 4.98 Å². The summed E-state index contributed by atoms with van der Waals surface area (Å²) in [7, 11) is 0. The summed E-state index contributed by atoms with van der Waals surface area (Å²) in [6.07, 6.45) is 0. The second kappa shape index (κ2) is 4.45. The molecule has 1 aromatic heterocycles. The fourth-order valence-electron chi connectivity index (χ4n) is 1.12. The lowest BCUT2D eigenvalue weighted by atomic mass is 10.2. The molecule has 5 heteroatoms. The molecule has 2 N–H and O–H groups in total. The van der Waals surface area contributed by atoms with Crippen molar-refractivity contribution in [1.82, 2.24) is 4.98 Å². The molecule has 0 bridgehead atoms. The van der Waals surface area contributed by atoms with Gasteiger partial charge >= 0.3 is 0 Å². The van der Waals surface area contributed by atoms with Crippen molar-refractivity contribution in [3.8, 4) is 0 Å². The highest BCUT2D eigenvalue weighted by Crippen LogP contribution is 2.34. The van der Waals surface area contributed by atoms with Crippen LogP contribution in [0.2, 0.25) is 10.2 Å². The van der Waals surface area contributed by atoms with Crippen molar-refractivity contribution in [3.05, 3.63) is 38.9 Å². The first-order valence-corrected chi connectivity index (χ1v) is 5.14. The maximum atomic E-state index is 6.06. The Hall–Kier alpha value is -0.350. The Morgan fingerprint density at radius 2 is 1.79 bits per heavy atom. The second-order valence-corrected chi connectivity index (χ2v) is 4.08. The van der Waals surface area contributed by atoms with Gasteiger partial charge in [0.05, 0.1) is 15.0 Å². The summed E-state index contributed by atoms with van der Waals surface area (Å²) >= 11 is 15.2. The highest BCUT2D eigenvalue weighted by atomic mass is 79.9. The number of aromatic nitrogens is 1. The summed E-state index contributed by atoms with van der Waals surface area (Å²) in [4.78, 5) is 4.17. The number of halogens is 3. The lowest BCUT2D eigenvalue weighted by Gasteiger charge is -2.03. The van der Waals surface area contributed by atoms with Gasteiger partial charge in [0.15, 0.2) is 0 Å². The predicted octanol–water partition coefficient (Wildman–Crippen LogP) is 3.48. The van der Waals surface area contributed by atoms with E-state index in [9.17, 15) is 0 Å². The molecule has 0 radical (unpaired) electrons. The first-order chi connectivity index (χ1) is 6.20. The molecule has 0 fully saturated rings. The average molecular weight is 295 g/mol. The van der Waals surface area contributed by atoms with Crippen LogP contribution in [0.5, 0.6) is 0 Å². The highest BCUT2D eigenvalue weighted by Gasteiger charge is 2.08. The first kappa shape index (κ1) is 11.7. The monoisotopic (exact) mass is 293 g/mol. The number of benzene rings is 1. The van der Waals surface area contributed by atoms with E-state index in [1.165, 1.54) is 0 Å². The molecule has 14 heavy (non-hydrogen) atoms. The van der Waals surface area contributed by atoms with Gasteiger partial charge in [-0.2, -0.15) is 0 Å². The van der Waals surface area contributed by atoms with E-state index in [4.69, 9.17) is 23.2 Å².